The number of nitrogens with zero attached hydrogens (tertiary/aromatic N) is 2. The molecule has 0 aliphatic rings. The Morgan fingerprint density at radius 1 is 1.32 bits per heavy atom. The average Bonchev–Trinajstić information content (AvgIpc) is 2.33. The molecule has 0 unspecified atom stereocenters. The number of aromatic nitrogens is 2. The SMILES string of the molecule is COCc1cc(Cl)nc(Nc2cc(F)ccc2C)n1. The molecule has 0 radical (unpaired) electrons. The molecule has 1 aromatic carbocycles. The van der Waals surface area contributed by atoms with Crippen LogP contribution in [-0.4, -0.2) is 17.1 Å². The number of nitrogens with one attached hydrogen (secondary N) is 1. The van der Waals surface area contributed by atoms with Crippen LogP contribution in [0.15, 0.2) is 24.3 Å². The molecule has 0 atom stereocenters. The Balaban J connectivity index is 2.29. The van der Waals surface area contributed by atoms with Crippen LogP contribution in [0.5, 0.6) is 0 Å². The zero-order chi connectivity index (χ0) is 13.8. The Hall–Kier alpha value is -1.72. The summed E-state index contributed by atoms with van der Waals surface area (Å²) in [6, 6.07) is 6.08. The van der Waals surface area contributed by atoms with Gasteiger partial charge in [0.05, 0.1) is 12.3 Å². The predicted octanol–water partition coefficient (Wildman–Crippen LogP) is 3.47. The van der Waals surface area contributed by atoms with Crippen molar-refractivity contribution in [2.75, 3.05) is 12.4 Å². The van der Waals surface area contributed by atoms with E-state index in [0.29, 0.717) is 29.1 Å². The highest BCUT2D eigenvalue weighted by Gasteiger charge is 2.06. The van der Waals surface area contributed by atoms with Crippen LogP contribution in [0, 0.1) is 12.7 Å². The number of hydrogen-bond donors (Lipinski definition) is 1. The molecule has 6 heteroatoms. The van der Waals surface area contributed by atoms with Gasteiger partial charge in [-0.15, -0.1) is 0 Å². The summed E-state index contributed by atoms with van der Waals surface area (Å²) in [6.07, 6.45) is 0. The number of rotatable bonds is 4. The third-order valence-corrected chi connectivity index (χ3v) is 2.68. The standard InChI is InChI=1S/C13H13ClFN3O/c1-8-3-4-9(15)5-11(8)17-13-16-10(7-19-2)6-12(14)18-13/h3-6H,7H2,1-2H3,(H,16,17,18). The summed E-state index contributed by atoms with van der Waals surface area (Å²) in [6.45, 7) is 2.20. The van der Waals surface area contributed by atoms with Gasteiger partial charge in [-0.05, 0) is 30.7 Å². The smallest absolute Gasteiger partial charge is 0.228 e. The molecule has 0 aliphatic heterocycles. The van der Waals surface area contributed by atoms with E-state index in [1.165, 1.54) is 12.1 Å². The Morgan fingerprint density at radius 2 is 2.11 bits per heavy atom. The highest BCUT2D eigenvalue weighted by atomic mass is 35.5. The van der Waals surface area contributed by atoms with E-state index in [9.17, 15) is 4.39 Å². The van der Waals surface area contributed by atoms with Gasteiger partial charge in [-0.3, -0.25) is 0 Å². The lowest BCUT2D eigenvalue weighted by molar-refractivity contribution is 0.181. The summed E-state index contributed by atoms with van der Waals surface area (Å²) in [5.74, 6) is -0.0134. The summed E-state index contributed by atoms with van der Waals surface area (Å²) < 4.78 is 18.2. The van der Waals surface area contributed by atoms with Crippen molar-refractivity contribution < 1.29 is 9.13 Å². The first-order chi connectivity index (χ1) is 9.08. The summed E-state index contributed by atoms with van der Waals surface area (Å²) in [4.78, 5) is 8.28. The molecule has 1 aromatic heterocycles. The molecular formula is C13H13ClFN3O. The first-order valence-corrected chi connectivity index (χ1v) is 6.02. The van der Waals surface area contributed by atoms with Crippen molar-refractivity contribution in [1.29, 1.82) is 0 Å². The molecule has 2 aromatic rings. The Kier molecular flexibility index (Phi) is 4.29. The van der Waals surface area contributed by atoms with Gasteiger partial charge in [-0.2, -0.15) is 0 Å². The van der Waals surface area contributed by atoms with E-state index in [1.54, 1.807) is 19.2 Å². The van der Waals surface area contributed by atoms with Crippen molar-refractivity contribution in [3.8, 4) is 0 Å². The number of methoxy groups -OCH3 is 1. The van der Waals surface area contributed by atoms with Gasteiger partial charge < -0.3 is 10.1 Å². The summed E-state index contributed by atoms with van der Waals surface area (Å²) in [5, 5.41) is 3.25. The number of halogens is 2. The van der Waals surface area contributed by atoms with E-state index in [-0.39, 0.29) is 5.82 Å². The lowest BCUT2D eigenvalue weighted by atomic mass is 10.2. The summed E-state index contributed by atoms with van der Waals surface area (Å²) >= 11 is 5.90. The molecule has 2 rings (SSSR count). The van der Waals surface area contributed by atoms with Crippen molar-refractivity contribution in [2.24, 2.45) is 0 Å². The van der Waals surface area contributed by atoms with Gasteiger partial charge in [0.1, 0.15) is 11.0 Å². The zero-order valence-corrected chi connectivity index (χ0v) is 11.3. The fourth-order valence-electron chi connectivity index (χ4n) is 1.59. The van der Waals surface area contributed by atoms with Crippen LogP contribution in [0.1, 0.15) is 11.3 Å². The highest BCUT2D eigenvalue weighted by molar-refractivity contribution is 6.29. The van der Waals surface area contributed by atoms with E-state index < -0.39 is 0 Å². The molecule has 1 heterocycles. The summed E-state index contributed by atoms with van der Waals surface area (Å²) in [5.41, 5.74) is 2.14. The molecule has 0 saturated carbocycles. The van der Waals surface area contributed by atoms with E-state index in [2.05, 4.69) is 15.3 Å². The number of aryl methyl sites for hydroxylation is 1. The Labute approximate surface area is 115 Å². The van der Waals surface area contributed by atoms with Crippen molar-refractivity contribution in [2.45, 2.75) is 13.5 Å². The topological polar surface area (TPSA) is 47.0 Å². The Bertz CT molecular complexity index is 592. The molecule has 0 bridgehead atoms. The van der Waals surface area contributed by atoms with Crippen LogP contribution >= 0.6 is 11.6 Å². The fraction of sp³-hybridized carbons (Fsp3) is 0.231. The molecule has 0 aliphatic carbocycles. The maximum Gasteiger partial charge on any atom is 0.228 e. The van der Waals surface area contributed by atoms with E-state index in [1.807, 2.05) is 6.92 Å². The minimum absolute atomic E-state index is 0.304. The second-order valence-electron chi connectivity index (χ2n) is 4.02. The van der Waals surface area contributed by atoms with Crippen LogP contribution in [-0.2, 0) is 11.3 Å². The van der Waals surface area contributed by atoms with Crippen LogP contribution in [0.3, 0.4) is 0 Å². The lowest BCUT2D eigenvalue weighted by Crippen LogP contribution is -2.02. The number of hydrogen-bond acceptors (Lipinski definition) is 4. The Morgan fingerprint density at radius 3 is 2.84 bits per heavy atom. The van der Waals surface area contributed by atoms with Crippen molar-refractivity contribution in [3.63, 3.8) is 0 Å². The molecule has 100 valence electrons. The van der Waals surface area contributed by atoms with Gasteiger partial charge in [-0.25, -0.2) is 14.4 Å². The average molecular weight is 282 g/mol. The van der Waals surface area contributed by atoms with E-state index in [4.69, 9.17) is 16.3 Å². The highest BCUT2D eigenvalue weighted by Crippen LogP contribution is 2.20. The van der Waals surface area contributed by atoms with Gasteiger partial charge in [-0.1, -0.05) is 17.7 Å². The molecule has 1 N–H and O–H groups in total. The third kappa shape index (κ3) is 3.62. The molecule has 19 heavy (non-hydrogen) atoms. The molecule has 0 amide bonds. The van der Waals surface area contributed by atoms with Gasteiger partial charge in [0.25, 0.3) is 0 Å². The second-order valence-corrected chi connectivity index (χ2v) is 4.41. The molecular weight excluding hydrogens is 269 g/mol. The molecule has 0 fully saturated rings. The minimum Gasteiger partial charge on any atom is -0.378 e. The maximum atomic E-state index is 13.2. The first kappa shape index (κ1) is 13.7. The largest absolute Gasteiger partial charge is 0.378 e. The number of ether oxygens (including phenoxy) is 1. The number of anilines is 2. The van der Waals surface area contributed by atoms with Crippen LogP contribution in [0.4, 0.5) is 16.0 Å². The van der Waals surface area contributed by atoms with Crippen LogP contribution in [0.25, 0.3) is 0 Å². The van der Waals surface area contributed by atoms with E-state index >= 15 is 0 Å². The van der Waals surface area contributed by atoms with Gasteiger partial charge in [0, 0.05) is 12.8 Å². The molecule has 0 saturated heterocycles. The lowest BCUT2D eigenvalue weighted by Gasteiger charge is -2.09. The van der Waals surface area contributed by atoms with E-state index in [0.717, 1.165) is 5.56 Å². The second kappa shape index (κ2) is 5.95. The normalized spacial score (nSPS) is 10.5. The third-order valence-electron chi connectivity index (χ3n) is 2.49. The molecule has 0 spiro atoms. The monoisotopic (exact) mass is 281 g/mol. The van der Waals surface area contributed by atoms with Crippen LogP contribution in [0.2, 0.25) is 5.15 Å². The fourth-order valence-corrected chi connectivity index (χ4v) is 1.80. The quantitative estimate of drug-likeness (QED) is 0.872. The minimum atomic E-state index is -0.327. The maximum absolute atomic E-state index is 13.2. The van der Waals surface area contributed by atoms with Crippen molar-refractivity contribution >= 4 is 23.2 Å². The van der Waals surface area contributed by atoms with Gasteiger partial charge in [0.2, 0.25) is 5.95 Å². The van der Waals surface area contributed by atoms with Gasteiger partial charge >= 0.3 is 0 Å². The molecule has 4 nitrogen and oxygen atoms in total. The van der Waals surface area contributed by atoms with Crippen molar-refractivity contribution in [1.82, 2.24) is 9.97 Å². The van der Waals surface area contributed by atoms with Crippen LogP contribution < -0.4 is 5.32 Å². The van der Waals surface area contributed by atoms with Gasteiger partial charge in [0.15, 0.2) is 0 Å². The zero-order valence-electron chi connectivity index (χ0n) is 10.6. The van der Waals surface area contributed by atoms with Crippen molar-refractivity contribution in [3.05, 3.63) is 46.5 Å². The number of benzene rings is 1. The predicted molar refractivity (Wildman–Crippen MR) is 72.2 cm³/mol. The summed E-state index contributed by atoms with van der Waals surface area (Å²) in [7, 11) is 1.57. The first-order valence-electron chi connectivity index (χ1n) is 5.64.